The van der Waals surface area contributed by atoms with E-state index in [0.717, 1.165) is 44.9 Å². The standard InChI is InChI=1S/C39H37N5.Pt/c1-38(2,3)35-34(26-14-9-8-10-15-26)36(39(4,5)6)44(41-35)29-20-21-31-30-18-11-12-19-32(30)43(33(31)25-29)28-17-13-16-27(24-28)37-40-22-23-42(37)7;/h8-23H,1-7H3;/q-2;+2. The number of fused-ring (bicyclic) bond motifs is 3. The van der Waals surface area contributed by atoms with E-state index in [0.29, 0.717) is 0 Å². The number of aryl methyl sites for hydroxylation is 1. The van der Waals surface area contributed by atoms with E-state index < -0.39 is 0 Å². The van der Waals surface area contributed by atoms with Gasteiger partial charge >= 0.3 is 21.1 Å². The molecule has 228 valence electrons. The first-order chi connectivity index (χ1) is 21.0. The van der Waals surface area contributed by atoms with Crippen LogP contribution in [0.5, 0.6) is 0 Å². The molecular weight excluding hydrogens is 734 g/mol. The molecule has 6 heteroatoms. The van der Waals surface area contributed by atoms with E-state index >= 15 is 0 Å². The van der Waals surface area contributed by atoms with Gasteiger partial charge in [-0.1, -0.05) is 95.6 Å². The summed E-state index contributed by atoms with van der Waals surface area (Å²) in [6, 6.07) is 37.4. The van der Waals surface area contributed by atoms with Crippen LogP contribution in [0.15, 0.2) is 97.3 Å². The van der Waals surface area contributed by atoms with Crippen LogP contribution in [-0.2, 0) is 38.9 Å². The third kappa shape index (κ3) is 5.27. The summed E-state index contributed by atoms with van der Waals surface area (Å²) in [6.45, 7) is 13.5. The van der Waals surface area contributed by atoms with Gasteiger partial charge < -0.3 is 9.13 Å². The summed E-state index contributed by atoms with van der Waals surface area (Å²) in [5.41, 5.74) is 9.22. The second-order valence-electron chi connectivity index (χ2n) is 13.6. The molecule has 0 fully saturated rings. The zero-order valence-corrected chi connectivity index (χ0v) is 29.1. The minimum Gasteiger partial charge on any atom is -0.373 e. The maximum atomic E-state index is 5.37. The molecule has 0 aliphatic rings. The van der Waals surface area contributed by atoms with Gasteiger partial charge in [-0.3, -0.25) is 9.67 Å². The molecule has 0 atom stereocenters. The zero-order chi connectivity index (χ0) is 30.8. The van der Waals surface area contributed by atoms with E-state index in [9.17, 15) is 0 Å². The van der Waals surface area contributed by atoms with Crippen molar-refractivity contribution < 1.29 is 21.1 Å². The Morgan fingerprint density at radius 1 is 0.689 bits per heavy atom. The van der Waals surface area contributed by atoms with Gasteiger partial charge in [-0.25, -0.2) is 0 Å². The van der Waals surface area contributed by atoms with Crippen molar-refractivity contribution in [2.24, 2.45) is 7.05 Å². The second-order valence-corrected chi connectivity index (χ2v) is 13.6. The Hall–Kier alpha value is -4.21. The molecule has 0 N–H and O–H groups in total. The Balaban J connectivity index is 0.00000357. The molecule has 3 heterocycles. The van der Waals surface area contributed by atoms with Gasteiger partial charge in [-0.2, -0.15) is 11.2 Å². The number of benzene rings is 4. The molecule has 7 aromatic rings. The van der Waals surface area contributed by atoms with Gasteiger partial charge in [-0.15, -0.1) is 47.3 Å². The number of hydrogen-bond acceptors (Lipinski definition) is 2. The Morgan fingerprint density at radius 2 is 1.42 bits per heavy atom. The van der Waals surface area contributed by atoms with Gasteiger partial charge in [0, 0.05) is 41.4 Å². The fraction of sp³-hybridized carbons (Fsp3) is 0.231. The molecule has 7 rings (SSSR count). The smallest absolute Gasteiger partial charge is 0.373 e. The van der Waals surface area contributed by atoms with Gasteiger partial charge in [0.1, 0.15) is 0 Å². The van der Waals surface area contributed by atoms with Crippen LogP contribution < -0.4 is 0 Å². The van der Waals surface area contributed by atoms with Crippen LogP contribution in [-0.4, -0.2) is 23.9 Å². The number of para-hydroxylation sites is 1. The molecule has 0 saturated heterocycles. The average Bonchev–Trinajstić information content (AvgIpc) is 3.71. The Kier molecular flexibility index (Phi) is 7.73. The minimum atomic E-state index is -0.179. The quantitative estimate of drug-likeness (QED) is 0.168. The third-order valence-corrected chi connectivity index (χ3v) is 8.25. The maximum absolute atomic E-state index is 5.37. The van der Waals surface area contributed by atoms with E-state index in [-0.39, 0.29) is 31.9 Å². The molecule has 0 aliphatic heterocycles. The van der Waals surface area contributed by atoms with Gasteiger partial charge in [0.15, 0.2) is 0 Å². The molecule has 3 aromatic heterocycles. The summed E-state index contributed by atoms with van der Waals surface area (Å²) in [5.74, 6) is 0.881. The van der Waals surface area contributed by atoms with Crippen molar-refractivity contribution in [1.82, 2.24) is 23.9 Å². The van der Waals surface area contributed by atoms with E-state index in [1.807, 2.05) is 24.0 Å². The summed E-state index contributed by atoms with van der Waals surface area (Å²) in [4.78, 5) is 4.58. The topological polar surface area (TPSA) is 40.6 Å². The van der Waals surface area contributed by atoms with Crippen LogP contribution >= 0.6 is 0 Å². The molecule has 4 aromatic carbocycles. The van der Waals surface area contributed by atoms with Crippen molar-refractivity contribution in [1.29, 1.82) is 0 Å². The predicted octanol–water partition coefficient (Wildman–Crippen LogP) is 9.23. The van der Waals surface area contributed by atoms with Crippen molar-refractivity contribution in [2.45, 2.75) is 52.4 Å². The van der Waals surface area contributed by atoms with Crippen LogP contribution in [0.2, 0.25) is 0 Å². The van der Waals surface area contributed by atoms with E-state index in [1.165, 1.54) is 22.2 Å². The van der Waals surface area contributed by atoms with Crippen LogP contribution in [0, 0.1) is 12.1 Å². The molecular formula is C39H37N5Pt. The number of imidazole rings is 1. The fourth-order valence-corrected chi connectivity index (χ4v) is 6.29. The van der Waals surface area contributed by atoms with Crippen molar-refractivity contribution in [3.63, 3.8) is 0 Å². The predicted molar refractivity (Wildman–Crippen MR) is 181 cm³/mol. The van der Waals surface area contributed by atoms with E-state index in [2.05, 4.69) is 153 Å². The molecule has 45 heavy (non-hydrogen) atoms. The molecule has 0 spiro atoms. The Labute approximate surface area is 279 Å². The molecule has 0 unspecified atom stereocenters. The number of aromatic nitrogens is 5. The molecule has 0 bridgehead atoms. The maximum Gasteiger partial charge on any atom is 2.00 e. The van der Waals surface area contributed by atoms with Crippen molar-refractivity contribution in [3.8, 4) is 33.9 Å². The zero-order valence-electron chi connectivity index (χ0n) is 26.8. The Bertz CT molecular complexity index is 2150. The Morgan fingerprint density at radius 3 is 2.11 bits per heavy atom. The van der Waals surface area contributed by atoms with Crippen molar-refractivity contribution >= 4 is 21.8 Å². The van der Waals surface area contributed by atoms with Crippen molar-refractivity contribution in [3.05, 3.63) is 121 Å². The normalized spacial score (nSPS) is 12.2. The summed E-state index contributed by atoms with van der Waals surface area (Å²) in [6.07, 6.45) is 3.78. The molecule has 0 radical (unpaired) electrons. The SMILES string of the molecule is Cn1ccnc1-c1[c-]c(-n2c3[c-]c(-n4nc(C(C)(C)C)c(-c5ccccc5)c4C(C)(C)C)ccc3c3ccccc32)ccc1.[Pt+2]. The number of rotatable bonds is 4. The first-order valence-electron chi connectivity index (χ1n) is 15.2. The van der Waals surface area contributed by atoms with Crippen LogP contribution in [0.3, 0.4) is 0 Å². The first kappa shape index (κ1) is 30.8. The minimum absolute atomic E-state index is 0. The third-order valence-electron chi connectivity index (χ3n) is 8.25. The van der Waals surface area contributed by atoms with Crippen LogP contribution in [0.4, 0.5) is 0 Å². The van der Waals surface area contributed by atoms with Gasteiger partial charge in [0.2, 0.25) is 0 Å². The van der Waals surface area contributed by atoms with E-state index in [4.69, 9.17) is 5.10 Å². The molecule has 0 aliphatic carbocycles. The number of nitrogens with zero attached hydrogens (tertiary/aromatic N) is 5. The summed E-state index contributed by atoms with van der Waals surface area (Å²) in [7, 11) is 2.01. The van der Waals surface area contributed by atoms with Crippen molar-refractivity contribution in [2.75, 3.05) is 0 Å². The fourth-order valence-electron chi connectivity index (χ4n) is 6.29. The van der Waals surface area contributed by atoms with Gasteiger partial charge in [-0.05, 0) is 28.4 Å². The monoisotopic (exact) mass is 770 g/mol. The molecule has 5 nitrogen and oxygen atoms in total. The largest absolute Gasteiger partial charge is 2.00 e. The first-order valence-corrected chi connectivity index (χ1v) is 15.2. The van der Waals surface area contributed by atoms with Crippen LogP contribution in [0.1, 0.15) is 52.9 Å². The summed E-state index contributed by atoms with van der Waals surface area (Å²) >= 11 is 0. The summed E-state index contributed by atoms with van der Waals surface area (Å²) < 4.78 is 6.43. The van der Waals surface area contributed by atoms with Gasteiger partial charge in [0.05, 0.1) is 17.2 Å². The second kappa shape index (κ2) is 11.3. The molecule has 0 amide bonds. The molecule has 0 saturated carbocycles. The van der Waals surface area contributed by atoms with E-state index in [1.54, 1.807) is 0 Å². The van der Waals surface area contributed by atoms with Gasteiger partial charge in [0.25, 0.3) is 0 Å². The number of hydrogen-bond donors (Lipinski definition) is 0. The summed E-state index contributed by atoms with van der Waals surface area (Å²) in [5, 5.41) is 7.69. The van der Waals surface area contributed by atoms with Crippen LogP contribution in [0.25, 0.3) is 55.7 Å². The average molecular weight is 771 g/mol.